The molecule has 0 aliphatic rings. The van der Waals surface area contributed by atoms with Gasteiger partial charge in [0.05, 0.1) is 13.7 Å². The molecule has 6 heteroatoms. The predicted octanol–water partition coefficient (Wildman–Crippen LogP) is 2.85. The first-order valence-electron chi connectivity index (χ1n) is 8.10. The molecule has 0 aliphatic carbocycles. The summed E-state index contributed by atoms with van der Waals surface area (Å²) in [5.41, 5.74) is 2.35. The van der Waals surface area contributed by atoms with Crippen molar-refractivity contribution in [1.29, 1.82) is 0 Å². The van der Waals surface area contributed by atoms with Gasteiger partial charge in [-0.2, -0.15) is 0 Å². The molecule has 130 valence electrons. The Labute approximate surface area is 146 Å². The van der Waals surface area contributed by atoms with Crippen LogP contribution in [-0.4, -0.2) is 35.1 Å². The fraction of sp³-hybridized carbons (Fsp3) is 0.263. The van der Waals surface area contributed by atoms with Gasteiger partial charge in [-0.25, -0.2) is 4.98 Å². The monoisotopic (exact) mass is 339 g/mol. The number of nitrogens with zero attached hydrogens (tertiary/aromatic N) is 2. The fourth-order valence-corrected chi connectivity index (χ4v) is 2.56. The molecule has 3 aromatic rings. The third-order valence-corrected chi connectivity index (χ3v) is 3.91. The van der Waals surface area contributed by atoms with Crippen LogP contribution in [0.25, 0.3) is 5.65 Å². The highest BCUT2D eigenvalue weighted by molar-refractivity contribution is 5.95. The number of benzene rings is 1. The Morgan fingerprint density at radius 2 is 2.04 bits per heavy atom. The van der Waals surface area contributed by atoms with E-state index in [0.717, 1.165) is 11.3 Å². The molecular formula is C19H21N3O3. The van der Waals surface area contributed by atoms with Gasteiger partial charge >= 0.3 is 0 Å². The van der Waals surface area contributed by atoms with Crippen LogP contribution >= 0.6 is 0 Å². The molecule has 1 amide bonds. The first-order valence-corrected chi connectivity index (χ1v) is 8.10. The molecule has 1 unspecified atom stereocenters. The van der Waals surface area contributed by atoms with Gasteiger partial charge in [-0.3, -0.25) is 4.79 Å². The minimum Gasteiger partial charge on any atom is -0.493 e. The van der Waals surface area contributed by atoms with Gasteiger partial charge in [0.15, 0.2) is 11.5 Å². The van der Waals surface area contributed by atoms with Gasteiger partial charge in [0.25, 0.3) is 5.91 Å². The van der Waals surface area contributed by atoms with Crippen molar-refractivity contribution in [3.63, 3.8) is 0 Å². The summed E-state index contributed by atoms with van der Waals surface area (Å²) in [5.74, 6) is 1.17. The van der Waals surface area contributed by atoms with Crippen LogP contribution in [0.3, 0.4) is 0 Å². The van der Waals surface area contributed by atoms with Crippen LogP contribution in [0.5, 0.6) is 11.5 Å². The molecule has 0 saturated heterocycles. The number of nitrogens with one attached hydrogen (secondary N) is 1. The maximum atomic E-state index is 12.3. The average Bonchev–Trinajstić information content (AvgIpc) is 3.00. The molecule has 0 radical (unpaired) electrons. The van der Waals surface area contributed by atoms with E-state index in [9.17, 15) is 4.79 Å². The van der Waals surface area contributed by atoms with Crippen LogP contribution in [0.2, 0.25) is 0 Å². The molecule has 2 aromatic heterocycles. The smallest absolute Gasteiger partial charge is 0.251 e. The van der Waals surface area contributed by atoms with Crippen LogP contribution in [-0.2, 0) is 0 Å². The second-order valence-electron chi connectivity index (χ2n) is 5.83. The van der Waals surface area contributed by atoms with Crippen LogP contribution in [0.15, 0.2) is 48.8 Å². The number of ether oxygens (including phenoxy) is 2. The molecule has 0 bridgehead atoms. The molecule has 0 fully saturated rings. The summed E-state index contributed by atoms with van der Waals surface area (Å²) in [4.78, 5) is 16.6. The molecule has 2 heterocycles. The van der Waals surface area contributed by atoms with Crippen molar-refractivity contribution in [2.24, 2.45) is 0 Å². The van der Waals surface area contributed by atoms with E-state index in [0.29, 0.717) is 23.6 Å². The lowest BCUT2D eigenvalue weighted by Gasteiger charge is -2.17. The Kier molecular flexibility index (Phi) is 4.88. The van der Waals surface area contributed by atoms with Crippen molar-refractivity contribution in [3.8, 4) is 11.5 Å². The summed E-state index contributed by atoms with van der Waals surface area (Å²) in [7, 11) is 1.60. The van der Waals surface area contributed by atoms with E-state index < -0.39 is 0 Å². The molecule has 25 heavy (non-hydrogen) atoms. The first kappa shape index (κ1) is 16.8. The highest BCUT2D eigenvalue weighted by Gasteiger charge is 2.12. The van der Waals surface area contributed by atoms with Crippen LogP contribution in [0.4, 0.5) is 0 Å². The number of carbonyl (C=O) groups is 1. The summed E-state index contributed by atoms with van der Waals surface area (Å²) in [6, 6.07) is 11.0. The van der Waals surface area contributed by atoms with Crippen LogP contribution in [0.1, 0.15) is 23.0 Å². The molecule has 6 nitrogen and oxygen atoms in total. The normalized spacial score (nSPS) is 12.0. The van der Waals surface area contributed by atoms with E-state index in [2.05, 4.69) is 10.3 Å². The summed E-state index contributed by atoms with van der Waals surface area (Å²) in [6.45, 7) is 4.25. The lowest BCUT2D eigenvalue weighted by Crippen LogP contribution is -2.33. The number of para-hydroxylation sites is 2. The third-order valence-electron chi connectivity index (χ3n) is 3.91. The van der Waals surface area contributed by atoms with Crippen molar-refractivity contribution in [3.05, 3.63) is 60.0 Å². The molecule has 1 N–H and O–H groups in total. The highest BCUT2D eigenvalue weighted by Crippen LogP contribution is 2.26. The van der Waals surface area contributed by atoms with Crippen molar-refractivity contribution < 1.29 is 14.3 Å². The Bertz CT molecular complexity index is 889. The van der Waals surface area contributed by atoms with Crippen molar-refractivity contribution in [2.75, 3.05) is 13.7 Å². The molecular weight excluding hydrogens is 318 g/mol. The number of hydrogen-bond acceptors (Lipinski definition) is 4. The number of carbonyl (C=O) groups excluding carboxylic acids is 1. The van der Waals surface area contributed by atoms with Gasteiger partial charge in [-0.05, 0) is 38.1 Å². The SMILES string of the molecule is COc1ccccc1OC(C)CNC(=O)c1ccn2c(C)cnc2c1. The zero-order chi connectivity index (χ0) is 17.8. The number of fused-ring (bicyclic) bond motifs is 1. The quantitative estimate of drug-likeness (QED) is 0.750. The Morgan fingerprint density at radius 3 is 2.80 bits per heavy atom. The van der Waals surface area contributed by atoms with Gasteiger partial charge in [0, 0.05) is 23.7 Å². The second-order valence-corrected chi connectivity index (χ2v) is 5.83. The fourth-order valence-electron chi connectivity index (χ4n) is 2.56. The van der Waals surface area contributed by atoms with E-state index in [4.69, 9.17) is 9.47 Å². The van der Waals surface area contributed by atoms with Gasteiger partial charge in [-0.15, -0.1) is 0 Å². The van der Waals surface area contributed by atoms with Gasteiger partial charge in [0.2, 0.25) is 0 Å². The van der Waals surface area contributed by atoms with E-state index in [1.807, 2.05) is 48.7 Å². The Morgan fingerprint density at radius 1 is 1.28 bits per heavy atom. The van der Waals surface area contributed by atoms with E-state index in [-0.39, 0.29) is 12.0 Å². The van der Waals surface area contributed by atoms with Gasteiger partial charge < -0.3 is 19.2 Å². The molecule has 1 aromatic carbocycles. The molecule has 0 saturated carbocycles. The van der Waals surface area contributed by atoms with Crippen LogP contribution in [0, 0.1) is 6.92 Å². The lowest BCUT2D eigenvalue weighted by atomic mass is 10.2. The summed E-state index contributed by atoms with van der Waals surface area (Å²) in [6.07, 6.45) is 3.43. The number of amides is 1. The zero-order valence-electron chi connectivity index (χ0n) is 14.5. The Hall–Kier alpha value is -3.02. The van der Waals surface area contributed by atoms with Gasteiger partial charge in [-0.1, -0.05) is 12.1 Å². The van der Waals surface area contributed by atoms with Crippen LogP contribution < -0.4 is 14.8 Å². The largest absolute Gasteiger partial charge is 0.493 e. The second kappa shape index (κ2) is 7.25. The number of imidazole rings is 1. The van der Waals surface area contributed by atoms with Gasteiger partial charge in [0.1, 0.15) is 11.8 Å². The van der Waals surface area contributed by atoms with E-state index in [1.54, 1.807) is 25.4 Å². The van der Waals surface area contributed by atoms with E-state index in [1.165, 1.54) is 0 Å². The molecule has 1 atom stereocenters. The Balaban J connectivity index is 1.60. The maximum Gasteiger partial charge on any atom is 0.251 e. The number of aryl methyl sites for hydroxylation is 1. The predicted molar refractivity (Wildman–Crippen MR) is 95.3 cm³/mol. The standard InChI is InChI=1S/C19H21N3O3/c1-13-11-20-18-10-15(8-9-22(13)18)19(23)21-12-14(2)25-17-7-5-4-6-16(17)24-3/h4-11,14H,12H2,1-3H3,(H,21,23). The van der Waals surface area contributed by atoms with E-state index >= 15 is 0 Å². The number of methoxy groups -OCH3 is 1. The molecule has 3 rings (SSSR count). The number of hydrogen-bond donors (Lipinski definition) is 1. The first-order chi connectivity index (χ1) is 12.1. The van der Waals surface area contributed by atoms with Crippen molar-refractivity contribution >= 4 is 11.6 Å². The summed E-state index contributed by atoms with van der Waals surface area (Å²) in [5, 5.41) is 2.89. The minimum atomic E-state index is -0.197. The number of rotatable bonds is 6. The lowest BCUT2D eigenvalue weighted by molar-refractivity contribution is 0.0931. The average molecular weight is 339 g/mol. The summed E-state index contributed by atoms with van der Waals surface area (Å²) >= 11 is 0. The zero-order valence-corrected chi connectivity index (χ0v) is 14.5. The number of pyridine rings is 1. The highest BCUT2D eigenvalue weighted by atomic mass is 16.5. The van der Waals surface area contributed by atoms with Crippen molar-refractivity contribution in [2.45, 2.75) is 20.0 Å². The molecule has 0 aliphatic heterocycles. The summed E-state index contributed by atoms with van der Waals surface area (Å²) < 4.78 is 13.0. The van der Waals surface area contributed by atoms with Crippen molar-refractivity contribution in [1.82, 2.24) is 14.7 Å². The third kappa shape index (κ3) is 3.74. The minimum absolute atomic E-state index is 0.154. The maximum absolute atomic E-state index is 12.3. The topological polar surface area (TPSA) is 64.9 Å². The number of aromatic nitrogens is 2. The molecule has 0 spiro atoms.